The molecule has 0 radical (unpaired) electrons. The number of carbonyl (C=O) groups excluding carboxylic acids is 1. The molecule has 21 heavy (non-hydrogen) atoms. The molecule has 1 amide bonds. The minimum absolute atomic E-state index is 0.120. The average molecular weight is 286 g/mol. The monoisotopic (exact) mass is 286 g/mol. The molecule has 0 saturated heterocycles. The Bertz CT molecular complexity index is 518. The highest BCUT2D eigenvalue weighted by Gasteiger charge is 2.26. The van der Waals surface area contributed by atoms with Gasteiger partial charge >= 0.3 is 0 Å². The Balaban J connectivity index is 1.77. The van der Waals surface area contributed by atoms with Gasteiger partial charge in [-0.25, -0.2) is 0 Å². The Labute approximate surface area is 127 Å². The lowest BCUT2D eigenvalue weighted by Gasteiger charge is -2.26. The van der Waals surface area contributed by atoms with Crippen molar-refractivity contribution in [1.82, 2.24) is 0 Å². The lowest BCUT2D eigenvalue weighted by Crippen LogP contribution is -2.22. The van der Waals surface area contributed by atoms with Crippen LogP contribution in [0, 0.1) is 5.92 Å². The summed E-state index contributed by atoms with van der Waals surface area (Å²) in [5.74, 6) is 0.778. The second-order valence-electron chi connectivity index (χ2n) is 6.65. The first-order valence-electron chi connectivity index (χ1n) is 8.32. The van der Waals surface area contributed by atoms with E-state index in [9.17, 15) is 4.79 Å². The van der Waals surface area contributed by atoms with Crippen LogP contribution in [0.5, 0.6) is 0 Å². The zero-order chi connectivity index (χ0) is 14.8. The molecular formula is C18H26N2O. The van der Waals surface area contributed by atoms with Gasteiger partial charge < -0.3 is 10.6 Å². The van der Waals surface area contributed by atoms with Gasteiger partial charge in [0.2, 0.25) is 5.91 Å². The molecule has 1 fully saturated rings. The summed E-state index contributed by atoms with van der Waals surface area (Å²) in [7, 11) is 1.85. The predicted molar refractivity (Wildman–Crippen MR) is 86.3 cm³/mol. The number of amides is 1. The number of rotatable bonds is 2. The molecule has 1 unspecified atom stereocenters. The van der Waals surface area contributed by atoms with E-state index < -0.39 is 0 Å². The van der Waals surface area contributed by atoms with E-state index in [0.29, 0.717) is 12.3 Å². The molecule has 3 nitrogen and oxygen atoms in total. The van der Waals surface area contributed by atoms with Crippen LogP contribution in [0.4, 0.5) is 5.69 Å². The molecule has 1 aliphatic carbocycles. The number of nitrogens with zero attached hydrogens (tertiary/aromatic N) is 1. The van der Waals surface area contributed by atoms with E-state index in [1.54, 1.807) is 4.90 Å². The van der Waals surface area contributed by atoms with Gasteiger partial charge in [-0.2, -0.15) is 0 Å². The first-order valence-corrected chi connectivity index (χ1v) is 8.32. The summed E-state index contributed by atoms with van der Waals surface area (Å²) in [6.45, 7) is 0. The first-order chi connectivity index (χ1) is 10.2. The molecule has 1 aromatic rings. The van der Waals surface area contributed by atoms with Crippen molar-refractivity contribution in [3.63, 3.8) is 0 Å². The zero-order valence-corrected chi connectivity index (χ0v) is 13.0. The maximum absolute atomic E-state index is 11.8. The van der Waals surface area contributed by atoms with Crippen molar-refractivity contribution in [2.24, 2.45) is 11.7 Å². The van der Waals surface area contributed by atoms with E-state index >= 15 is 0 Å². The largest absolute Gasteiger partial charge is 0.324 e. The molecule has 3 rings (SSSR count). The molecule has 3 heteroatoms. The Hall–Kier alpha value is -1.35. The van der Waals surface area contributed by atoms with Crippen molar-refractivity contribution in [3.05, 3.63) is 29.3 Å². The lowest BCUT2D eigenvalue weighted by molar-refractivity contribution is -0.117. The smallest absolute Gasteiger partial charge is 0.231 e. The predicted octanol–water partition coefficient (Wildman–Crippen LogP) is 3.57. The third-order valence-electron chi connectivity index (χ3n) is 5.22. The van der Waals surface area contributed by atoms with Crippen LogP contribution in [-0.4, -0.2) is 13.0 Å². The van der Waals surface area contributed by atoms with Crippen molar-refractivity contribution in [3.8, 4) is 0 Å². The van der Waals surface area contributed by atoms with E-state index in [0.717, 1.165) is 11.3 Å². The molecule has 0 aromatic heterocycles. The Morgan fingerprint density at radius 1 is 1.14 bits per heavy atom. The van der Waals surface area contributed by atoms with Gasteiger partial charge in [0.05, 0.1) is 6.42 Å². The zero-order valence-electron chi connectivity index (χ0n) is 13.0. The van der Waals surface area contributed by atoms with Gasteiger partial charge in [0.15, 0.2) is 0 Å². The van der Waals surface area contributed by atoms with Crippen LogP contribution in [0.15, 0.2) is 18.2 Å². The van der Waals surface area contributed by atoms with E-state index in [1.165, 1.54) is 50.5 Å². The number of hydrogen-bond acceptors (Lipinski definition) is 2. The third kappa shape index (κ3) is 2.98. The molecule has 1 atom stereocenters. The maximum Gasteiger partial charge on any atom is 0.231 e. The van der Waals surface area contributed by atoms with E-state index in [-0.39, 0.29) is 11.9 Å². The second kappa shape index (κ2) is 6.18. The summed E-state index contributed by atoms with van der Waals surface area (Å²) in [4.78, 5) is 13.5. The summed E-state index contributed by atoms with van der Waals surface area (Å²) < 4.78 is 0. The number of benzene rings is 1. The number of anilines is 1. The molecule has 1 heterocycles. The van der Waals surface area contributed by atoms with E-state index in [1.807, 2.05) is 7.05 Å². The van der Waals surface area contributed by atoms with Gasteiger partial charge in [0.25, 0.3) is 0 Å². The minimum Gasteiger partial charge on any atom is -0.324 e. The van der Waals surface area contributed by atoms with Crippen LogP contribution < -0.4 is 10.6 Å². The van der Waals surface area contributed by atoms with Crippen molar-refractivity contribution in [2.75, 3.05) is 11.9 Å². The highest BCUT2D eigenvalue weighted by atomic mass is 16.2. The summed E-state index contributed by atoms with van der Waals surface area (Å²) in [5.41, 5.74) is 9.96. The summed E-state index contributed by atoms with van der Waals surface area (Å²) in [6, 6.07) is 6.48. The number of likely N-dealkylation sites (N-methyl/N-ethyl adjacent to an activating group) is 1. The van der Waals surface area contributed by atoms with Crippen molar-refractivity contribution >= 4 is 11.6 Å². The molecule has 1 aromatic carbocycles. The third-order valence-corrected chi connectivity index (χ3v) is 5.22. The van der Waals surface area contributed by atoms with Gasteiger partial charge in [0.1, 0.15) is 0 Å². The topological polar surface area (TPSA) is 46.3 Å². The van der Waals surface area contributed by atoms with Crippen LogP contribution in [0.1, 0.15) is 62.1 Å². The van der Waals surface area contributed by atoms with Gasteiger partial charge in [-0.05, 0) is 36.0 Å². The fraction of sp³-hybridized carbons (Fsp3) is 0.611. The normalized spacial score (nSPS) is 21.8. The highest BCUT2D eigenvalue weighted by Crippen LogP contribution is 2.35. The molecule has 0 bridgehead atoms. The molecule has 2 aliphatic rings. The lowest BCUT2D eigenvalue weighted by atomic mass is 9.83. The van der Waals surface area contributed by atoms with Crippen LogP contribution in [0.25, 0.3) is 0 Å². The van der Waals surface area contributed by atoms with Crippen LogP contribution in [0.3, 0.4) is 0 Å². The molecule has 1 aliphatic heterocycles. The summed E-state index contributed by atoms with van der Waals surface area (Å²) >= 11 is 0. The Kier molecular flexibility index (Phi) is 4.29. The Morgan fingerprint density at radius 2 is 1.81 bits per heavy atom. The quantitative estimate of drug-likeness (QED) is 0.903. The summed E-state index contributed by atoms with van der Waals surface area (Å²) in [5, 5.41) is 0. The number of nitrogens with two attached hydrogens (primary N) is 1. The number of fused-ring (bicyclic) bond motifs is 1. The van der Waals surface area contributed by atoms with Crippen molar-refractivity contribution < 1.29 is 4.79 Å². The van der Waals surface area contributed by atoms with Crippen molar-refractivity contribution in [1.29, 1.82) is 0 Å². The highest BCUT2D eigenvalue weighted by molar-refractivity contribution is 6.00. The number of carbonyl (C=O) groups is 1. The molecular weight excluding hydrogens is 260 g/mol. The molecule has 1 saturated carbocycles. The second-order valence-corrected chi connectivity index (χ2v) is 6.65. The van der Waals surface area contributed by atoms with Gasteiger partial charge in [-0.3, -0.25) is 4.79 Å². The molecule has 2 N–H and O–H groups in total. The van der Waals surface area contributed by atoms with Crippen LogP contribution in [-0.2, 0) is 11.2 Å². The van der Waals surface area contributed by atoms with Gasteiger partial charge in [0, 0.05) is 18.8 Å². The van der Waals surface area contributed by atoms with Crippen LogP contribution in [0.2, 0.25) is 0 Å². The standard InChI is InChI=1S/C18H26N2O/c1-20-16-10-9-14(11-15(16)12-17(20)21)18(19)13-7-5-3-2-4-6-8-13/h9-11,13,18H,2-8,12,19H2,1H3. The summed E-state index contributed by atoms with van der Waals surface area (Å²) in [6.07, 6.45) is 9.73. The van der Waals surface area contributed by atoms with Crippen molar-refractivity contribution in [2.45, 2.75) is 57.4 Å². The van der Waals surface area contributed by atoms with Gasteiger partial charge in [-0.15, -0.1) is 0 Å². The minimum atomic E-state index is 0.120. The molecule has 0 spiro atoms. The SMILES string of the molecule is CN1C(=O)Cc2cc(C(N)C3CCCCCCC3)ccc21. The fourth-order valence-corrected chi connectivity index (χ4v) is 3.82. The van der Waals surface area contributed by atoms with Crippen LogP contribution >= 0.6 is 0 Å². The van der Waals surface area contributed by atoms with E-state index in [2.05, 4.69) is 18.2 Å². The molecule has 114 valence electrons. The first kappa shape index (κ1) is 14.6. The van der Waals surface area contributed by atoms with Gasteiger partial charge in [-0.1, -0.05) is 44.2 Å². The fourth-order valence-electron chi connectivity index (χ4n) is 3.82. The Morgan fingerprint density at radius 3 is 2.52 bits per heavy atom. The average Bonchev–Trinajstić information content (AvgIpc) is 2.73. The number of hydrogen-bond donors (Lipinski definition) is 1. The van der Waals surface area contributed by atoms with E-state index in [4.69, 9.17) is 5.73 Å². The maximum atomic E-state index is 11.8.